The lowest BCUT2D eigenvalue weighted by Crippen LogP contribution is -2.20. The zero-order chi connectivity index (χ0) is 17.2. The molecule has 5 heteroatoms. The lowest BCUT2D eigenvalue weighted by molar-refractivity contribution is -0.119. The third kappa shape index (κ3) is 3.32. The van der Waals surface area contributed by atoms with Gasteiger partial charge in [-0.05, 0) is 44.2 Å². The van der Waals surface area contributed by atoms with Gasteiger partial charge in [0, 0.05) is 30.1 Å². The van der Waals surface area contributed by atoms with E-state index in [9.17, 15) is 4.79 Å². The van der Waals surface area contributed by atoms with Gasteiger partial charge in [-0.3, -0.25) is 4.79 Å². The van der Waals surface area contributed by atoms with E-state index in [1.54, 1.807) is 0 Å². The van der Waals surface area contributed by atoms with Crippen LogP contribution in [0.2, 0.25) is 0 Å². The minimum absolute atomic E-state index is 0.165. The molecule has 1 amide bonds. The second kappa shape index (κ2) is 6.98. The van der Waals surface area contributed by atoms with Crippen LogP contribution < -0.4 is 5.32 Å². The average molecular weight is 338 g/mol. The molecule has 25 heavy (non-hydrogen) atoms. The molecule has 0 unspecified atom stereocenters. The second-order valence-electron chi connectivity index (χ2n) is 7.40. The van der Waals surface area contributed by atoms with Gasteiger partial charge in [-0.15, -0.1) is 10.2 Å². The van der Waals surface area contributed by atoms with Gasteiger partial charge in [0.25, 0.3) is 0 Å². The summed E-state index contributed by atoms with van der Waals surface area (Å²) in [6.45, 7) is 3.02. The number of amides is 1. The maximum atomic E-state index is 12.5. The number of nitrogens with zero attached hydrogens (tertiary/aromatic N) is 3. The van der Waals surface area contributed by atoms with Gasteiger partial charge in [-0.25, -0.2) is 0 Å². The van der Waals surface area contributed by atoms with Gasteiger partial charge in [-0.2, -0.15) is 0 Å². The Bertz CT molecular complexity index is 774. The first-order valence-corrected chi connectivity index (χ1v) is 9.56. The summed E-state index contributed by atoms with van der Waals surface area (Å²) in [5, 5.41) is 12.0. The molecule has 2 aromatic rings. The fraction of sp³-hybridized carbons (Fsp3) is 0.550. The van der Waals surface area contributed by atoms with Crippen molar-refractivity contribution in [3.63, 3.8) is 0 Å². The normalized spacial score (nSPS) is 18.0. The first-order chi connectivity index (χ1) is 12.2. The highest BCUT2D eigenvalue weighted by Gasteiger charge is 2.23. The zero-order valence-electron chi connectivity index (χ0n) is 14.9. The Morgan fingerprint density at radius 3 is 2.80 bits per heavy atom. The topological polar surface area (TPSA) is 59.8 Å². The van der Waals surface area contributed by atoms with Crippen LogP contribution in [-0.2, 0) is 17.8 Å². The van der Waals surface area contributed by atoms with E-state index in [2.05, 4.69) is 38.3 Å². The first-order valence-electron chi connectivity index (χ1n) is 9.56. The fourth-order valence-electron chi connectivity index (χ4n) is 4.02. The van der Waals surface area contributed by atoms with Crippen molar-refractivity contribution in [1.29, 1.82) is 0 Å². The number of hydrogen-bond acceptors (Lipinski definition) is 3. The molecule has 4 rings (SSSR count). The highest BCUT2D eigenvalue weighted by Crippen LogP contribution is 2.29. The van der Waals surface area contributed by atoms with Gasteiger partial charge in [0.1, 0.15) is 5.82 Å². The van der Waals surface area contributed by atoms with Crippen molar-refractivity contribution in [2.24, 2.45) is 5.92 Å². The summed E-state index contributed by atoms with van der Waals surface area (Å²) in [5.41, 5.74) is 3.03. The molecule has 1 N–H and O–H groups in total. The van der Waals surface area contributed by atoms with E-state index >= 15 is 0 Å². The quantitative estimate of drug-likeness (QED) is 0.916. The van der Waals surface area contributed by atoms with Gasteiger partial charge >= 0.3 is 0 Å². The van der Waals surface area contributed by atoms with Crippen LogP contribution in [0, 0.1) is 12.8 Å². The number of benzene rings is 1. The van der Waals surface area contributed by atoms with Crippen LogP contribution in [0.5, 0.6) is 0 Å². The molecule has 1 aromatic carbocycles. The third-order valence-electron chi connectivity index (χ3n) is 5.59. The lowest BCUT2D eigenvalue weighted by Gasteiger charge is -2.14. The van der Waals surface area contributed by atoms with Crippen LogP contribution in [0.1, 0.15) is 56.3 Å². The number of anilines is 1. The third-order valence-corrected chi connectivity index (χ3v) is 5.59. The SMILES string of the molecule is Cc1ccc(-c2nnc3n2CCCCC3)cc1NC(=O)C1CCCC1. The number of nitrogens with one attached hydrogen (secondary N) is 1. The molecule has 2 heterocycles. The number of aryl methyl sites for hydroxylation is 2. The van der Waals surface area contributed by atoms with Crippen molar-refractivity contribution in [3.8, 4) is 11.4 Å². The van der Waals surface area contributed by atoms with E-state index in [0.717, 1.165) is 54.3 Å². The fourth-order valence-corrected chi connectivity index (χ4v) is 4.02. The van der Waals surface area contributed by atoms with Crippen molar-refractivity contribution in [2.45, 2.75) is 64.8 Å². The van der Waals surface area contributed by atoms with Gasteiger partial charge in [0.2, 0.25) is 5.91 Å². The Hall–Kier alpha value is -2.17. The highest BCUT2D eigenvalue weighted by molar-refractivity contribution is 5.94. The van der Waals surface area contributed by atoms with Crippen molar-refractivity contribution in [3.05, 3.63) is 29.6 Å². The van der Waals surface area contributed by atoms with Crippen molar-refractivity contribution in [1.82, 2.24) is 14.8 Å². The Morgan fingerprint density at radius 2 is 1.96 bits per heavy atom. The Balaban J connectivity index is 1.61. The first kappa shape index (κ1) is 16.3. The van der Waals surface area contributed by atoms with Crippen LogP contribution in [0.25, 0.3) is 11.4 Å². The molecule has 1 saturated carbocycles. The maximum absolute atomic E-state index is 12.5. The summed E-state index contributed by atoms with van der Waals surface area (Å²) in [7, 11) is 0. The molecule has 1 fully saturated rings. The van der Waals surface area contributed by atoms with Crippen LogP contribution in [0.3, 0.4) is 0 Å². The molecule has 0 saturated heterocycles. The number of rotatable bonds is 3. The minimum atomic E-state index is 0.165. The summed E-state index contributed by atoms with van der Waals surface area (Å²) in [4.78, 5) is 12.5. The van der Waals surface area contributed by atoms with Crippen molar-refractivity contribution < 1.29 is 4.79 Å². The summed E-state index contributed by atoms with van der Waals surface area (Å²) < 4.78 is 2.25. The summed E-state index contributed by atoms with van der Waals surface area (Å²) >= 11 is 0. The molecule has 132 valence electrons. The van der Waals surface area contributed by atoms with Crippen molar-refractivity contribution in [2.75, 3.05) is 5.32 Å². The Morgan fingerprint density at radius 1 is 1.12 bits per heavy atom. The van der Waals surface area contributed by atoms with E-state index in [-0.39, 0.29) is 11.8 Å². The van der Waals surface area contributed by atoms with E-state index in [1.807, 2.05) is 6.92 Å². The zero-order valence-corrected chi connectivity index (χ0v) is 14.9. The van der Waals surface area contributed by atoms with E-state index in [0.29, 0.717) is 0 Å². The second-order valence-corrected chi connectivity index (χ2v) is 7.40. The number of aromatic nitrogens is 3. The van der Waals surface area contributed by atoms with Gasteiger partial charge in [-0.1, -0.05) is 31.4 Å². The van der Waals surface area contributed by atoms with Crippen LogP contribution >= 0.6 is 0 Å². The van der Waals surface area contributed by atoms with Gasteiger partial charge < -0.3 is 9.88 Å². The Labute approximate surface area is 148 Å². The molecule has 1 aliphatic carbocycles. The van der Waals surface area contributed by atoms with Crippen LogP contribution in [-0.4, -0.2) is 20.7 Å². The number of fused-ring (bicyclic) bond motifs is 1. The predicted molar refractivity (Wildman–Crippen MR) is 98.3 cm³/mol. The lowest BCUT2D eigenvalue weighted by atomic mass is 10.1. The number of hydrogen-bond donors (Lipinski definition) is 1. The molecule has 2 aliphatic rings. The molecule has 0 spiro atoms. The minimum Gasteiger partial charge on any atom is -0.326 e. The molecule has 0 bridgehead atoms. The molecule has 0 radical (unpaired) electrons. The average Bonchev–Trinajstić information content (AvgIpc) is 3.23. The van der Waals surface area contributed by atoms with Gasteiger partial charge in [0.15, 0.2) is 5.82 Å². The van der Waals surface area contributed by atoms with Crippen molar-refractivity contribution >= 4 is 11.6 Å². The van der Waals surface area contributed by atoms with Gasteiger partial charge in [0.05, 0.1) is 0 Å². The highest BCUT2D eigenvalue weighted by atomic mass is 16.1. The predicted octanol–water partition coefficient (Wildman–Crippen LogP) is 4.11. The molecule has 1 aromatic heterocycles. The molecule has 5 nitrogen and oxygen atoms in total. The molecule has 0 atom stereocenters. The summed E-state index contributed by atoms with van der Waals surface area (Å²) in [6.07, 6.45) is 8.99. The van der Waals surface area contributed by atoms with E-state index < -0.39 is 0 Å². The van der Waals surface area contributed by atoms with E-state index in [4.69, 9.17) is 0 Å². The molecular formula is C20H26N4O. The summed E-state index contributed by atoms with van der Waals surface area (Å²) in [6, 6.07) is 6.21. The monoisotopic (exact) mass is 338 g/mol. The smallest absolute Gasteiger partial charge is 0.227 e. The maximum Gasteiger partial charge on any atom is 0.227 e. The number of carbonyl (C=O) groups excluding carboxylic acids is 1. The molecule has 1 aliphatic heterocycles. The van der Waals surface area contributed by atoms with E-state index in [1.165, 1.54) is 32.1 Å². The van der Waals surface area contributed by atoms with Crippen LogP contribution in [0.4, 0.5) is 5.69 Å². The Kier molecular flexibility index (Phi) is 4.55. The summed E-state index contributed by atoms with van der Waals surface area (Å²) in [5.74, 6) is 2.35. The molecular weight excluding hydrogens is 312 g/mol. The largest absolute Gasteiger partial charge is 0.326 e. The standard InChI is InChI=1S/C20H26N4O/c1-14-10-11-16(13-17(14)21-20(25)15-7-4-5-8-15)19-23-22-18-9-3-2-6-12-24(18)19/h10-11,13,15H,2-9,12H2,1H3,(H,21,25). The number of carbonyl (C=O) groups is 1. The van der Waals surface area contributed by atoms with Crippen LogP contribution in [0.15, 0.2) is 18.2 Å².